The lowest BCUT2D eigenvalue weighted by Crippen LogP contribution is -2.41. The van der Waals surface area contributed by atoms with E-state index >= 15 is 0 Å². The number of anilines is 1. The molecule has 1 amide bonds. The van der Waals surface area contributed by atoms with Gasteiger partial charge >= 0.3 is 0 Å². The predicted octanol–water partition coefficient (Wildman–Crippen LogP) is 4.17. The van der Waals surface area contributed by atoms with E-state index in [-0.39, 0.29) is 16.7 Å². The van der Waals surface area contributed by atoms with Crippen molar-refractivity contribution in [2.45, 2.75) is 17.7 Å². The average molecular weight is 444 g/mol. The Morgan fingerprint density at radius 2 is 1.63 bits per heavy atom. The number of hydrogen-bond acceptors (Lipinski definition) is 3. The van der Waals surface area contributed by atoms with Crippen LogP contribution < -0.4 is 5.32 Å². The molecule has 30 heavy (non-hydrogen) atoms. The van der Waals surface area contributed by atoms with Gasteiger partial charge in [-0.15, -0.1) is 0 Å². The van der Waals surface area contributed by atoms with Gasteiger partial charge in [-0.3, -0.25) is 4.79 Å². The Bertz CT molecular complexity index is 1120. The number of aromatic nitrogens is 1. The SMILES string of the molecule is O=C(Nc1ccc(Cl)cc1-n1cccc1)C1CCN(S(=O)(=O)c2ccccc2)CC1. The average Bonchev–Trinajstić information content (AvgIpc) is 3.30. The van der Waals surface area contributed by atoms with Gasteiger partial charge in [0.15, 0.2) is 0 Å². The molecule has 0 spiro atoms. The zero-order chi connectivity index (χ0) is 21.1. The van der Waals surface area contributed by atoms with Gasteiger partial charge in [-0.2, -0.15) is 4.31 Å². The number of carbonyl (C=O) groups is 1. The van der Waals surface area contributed by atoms with E-state index in [1.54, 1.807) is 48.5 Å². The first kappa shape index (κ1) is 20.7. The summed E-state index contributed by atoms with van der Waals surface area (Å²) in [7, 11) is -3.53. The zero-order valence-electron chi connectivity index (χ0n) is 16.2. The number of nitrogens with one attached hydrogen (secondary N) is 1. The van der Waals surface area contributed by atoms with Crippen molar-refractivity contribution in [3.63, 3.8) is 0 Å². The molecule has 0 atom stereocenters. The van der Waals surface area contributed by atoms with Crippen molar-refractivity contribution in [3.8, 4) is 5.69 Å². The van der Waals surface area contributed by atoms with E-state index in [9.17, 15) is 13.2 Å². The monoisotopic (exact) mass is 443 g/mol. The molecule has 2 aromatic carbocycles. The fourth-order valence-electron chi connectivity index (χ4n) is 3.65. The summed E-state index contributed by atoms with van der Waals surface area (Å²) < 4.78 is 28.9. The van der Waals surface area contributed by atoms with Gasteiger partial charge in [0.2, 0.25) is 15.9 Å². The molecule has 156 valence electrons. The van der Waals surface area contributed by atoms with E-state index in [1.807, 2.05) is 29.1 Å². The standard InChI is InChI=1S/C22H22ClN3O3S/c23-18-8-9-20(21(16-18)25-12-4-5-13-25)24-22(27)17-10-14-26(15-11-17)30(28,29)19-6-2-1-3-7-19/h1-9,12-13,16-17H,10-11,14-15H2,(H,24,27). The number of rotatable bonds is 5. The number of piperidine rings is 1. The van der Waals surface area contributed by atoms with Gasteiger partial charge in [-0.25, -0.2) is 8.42 Å². The zero-order valence-corrected chi connectivity index (χ0v) is 17.8. The highest BCUT2D eigenvalue weighted by molar-refractivity contribution is 7.89. The van der Waals surface area contributed by atoms with E-state index in [1.165, 1.54) is 4.31 Å². The van der Waals surface area contributed by atoms with Crippen LogP contribution in [0.3, 0.4) is 0 Å². The molecule has 1 fully saturated rings. The number of carbonyl (C=O) groups excluding carboxylic acids is 1. The second-order valence-corrected chi connectivity index (χ2v) is 9.61. The molecule has 0 aliphatic carbocycles. The largest absolute Gasteiger partial charge is 0.324 e. The summed E-state index contributed by atoms with van der Waals surface area (Å²) in [6.45, 7) is 0.640. The molecular formula is C22H22ClN3O3S. The summed E-state index contributed by atoms with van der Waals surface area (Å²) >= 11 is 6.14. The van der Waals surface area contributed by atoms with Gasteiger partial charge in [-0.05, 0) is 55.3 Å². The number of hydrogen-bond donors (Lipinski definition) is 1. The first-order valence-electron chi connectivity index (χ1n) is 9.74. The topological polar surface area (TPSA) is 71.4 Å². The van der Waals surface area contributed by atoms with Crippen LogP contribution in [0, 0.1) is 5.92 Å². The Hall–Kier alpha value is -2.61. The Balaban J connectivity index is 1.44. The summed E-state index contributed by atoms with van der Waals surface area (Å²) in [6.07, 6.45) is 4.72. The number of halogens is 1. The van der Waals surface area contributed by atoms with Crippen LogP contribution in [0.1, 0.15) is 12.8 Å². The van der Waals surface area contributed by atoms with E-state index in [0.717, 1.165) is 5.69 Å². The molecule has 4 rings (SSSR count). The minimum absolute atomic E-state index is 0.109. The first-order valence-corrected chi connectivity index (χ1v) is 11.6. The van der Waals surface area contributed by atoms with Crippen LogP contribution in [0.5, 0.6) is 0 Å². The molecule has 8 heteroatoms. The summed E-state index contributed by atoms with van der Waals surface area (Å²) in [5, 5.41) is 3.57. The molecule has 6 nitrogen and oxygen atoms in total. The van der Waals surface area contributed by atoms with Crippen molar-refractivity contribution in [2.24, 2.45) is 5.92 Å². The molecule has 0 bridgehead atoms. The Labute approximate surface area is 181 Å². The second kappa shape index (κ2) is 8.63. The van der Waals surface area contributed by atoms with Crippen molar-refractivity contribution < 1.29 is 13.2 Å². The molecule has 0 radical (unpaired) electrons. The smallest absolute Gasteiger partial charge is 0.243 e. The van der Waals surface area contributed by atoms with E-state index in [2.05, 4.69) is 5.32 Å². The Morgan fingerprint density at radius 3 is 2.30 bits per heavy atom. The number of benzene rings is 2. The van der Waals surface area contributed by atoms with Crippen molar-refractivity contribution in [1.29, 1.82) is 0 Å². The van der Waals surface area contributed by atoms with Crippen LogP contribution in [-0.2, 0) is 14.8 Å². The third-order valence-electron chi connectivity index (χ3n) is 5.31. The quantitative estimate of drug-likeness (QED) is 0.643. The molecular weight excluding hydrogens is 422 g/mol. The molecule has 3 aromatic rings. The van der Waals surface area contributed by atoms with Gasteiger partial charge in [0, 0.05) is 36.4 Å². The number of amides is 1. The van der Waals surface area contributed by atoms with Gasteiger partial charge in [0.1, 0.15) is 0 Å². The maximum absolute atomic E-state index is 12.9. The predicted molar refractivity (Wildman–Crippen MR) is 117 cm³/mol. The molecule has 2 heterocycles. The third-order valence-corrected chi connectivity index (χ3v) is 7.45. The summed E-state index contributed by atoms with van der Waals surface area (Å²) in [5.74, 6) is -0.358. The first-order chi connectivity index (χ1) is 14.4. The van der Waals surface area contributed by atoms with Gasteiger partial charge in [0.25, 0.3) is 0 Å². The van der Waals surface area contributed by atoms with Gasteiger partial charge in [0.05, 0.1) is 16.3 Å². The van der Waals surface area contributed by atoms with Crippen LogP contribution in [0.2, 0.25) is 5.02 Å². The molecule has 1 aliphatic rings. The van der Waals surface area contributed by atoms with E-state index in [0.29, 0.717) is 36.6 Å². The molecule has 0 unspecified atom stereocenters. The summed E-state index contributed by atoms with van der Waals surface area (Å²) in [5.41, 5.74) is 1.45. The Kier molecular flexibility index (Phi) is 5.94. The third kappa shape index (κ3) is 4.28. The van der Waals surface area contributed by atoms with Crippen LogP contribution in [0.15, 0.2) is 78.0 Å². The maximum Gasteiger partial charge on any atom is 0.243 e. The van der Waals surface area contributed by atoms with Gasteiger partial charge < -0.3 is 9.88 Å². The van der Waals surface area contributed by atoms with Crippen molar-refractivity contribution in [1.82, 2.24) is 8.87 Å². The molecule has 1 N–H and O–H groups in total. The minimum atomic E-state index is -3.53. The van der Waals surface area contributed by atoms with Crippen LogP contribution >= 0.6 is 11.6 Å². The van der Waals surface area contributed by atoms with E-state index < -0.39 is 10.0 Å². The summed E-state index contributed by atoms with van der Waals surface area (Å²) in [6, 6.07) is 17.5. The van der Waals surface area contributed by atoms with Crippen LogP contribution in [0.25, 0.3) is 5.69 Å². The van der Waals surface area contributed by atoms with Gasteiger partial charge in [-0.1, -0.05) is 29.8 Å². The number of sulfonamides is 1. The highest BCUT2D eigenvalue weighted by Gasteiger charge is 2.32. The second-order valence-electron chi connectivity index (χ2n) is 7.23. The fourth-order valence-corrected chi connectivity index (χ4v) is 5.31. The molecule has 1 aliphatic heterocycles. The summed E-state index contributed by atoms with van der Waals surface area (Å²) in [4.78, 5) is 13.2. The Morgan fingerprint density at radius 1 is 0.967 bits per heavy atom. The lowest BCUT2D eigenvalue weighted by atomic mass is 9.97. The highest BCUT2D eigenvalue weighted by Crippen LogP contribution is 2.28. The molecule has 0 saturated carbocycles. The molecule has 1 aromatic heterocycles. The van der Waals surface area contributed by atoms with Crippen LogP contribution in [0.4, 0.5) is 5.69 Å². The minimum Gasteiger partial charge on any atom is -0.324 e. The van der Waals surface area contributed by atoms with Crippen molar-refractivity contribution >= 4 is 33.2 Å². The lowest BCUT2D eigenvalue weighted by molar-refractivity contribution is -0.120. The fraction of sp³-hybridized carbons (Fsp3) is 0.227. The normalized spacial score (nSPS) is 15.8. The van der Waals surface area contributed by atoms with Crippen molar-refractivity contribution in [3.05, 3.63) is 78.1 Å². The van der Waals surface area contributed by atoms with E-state index in [4.69, 9.17) is 11.6 Å². The van der Waals surface area contributed by atoms with Crippen molar-refractivity contribution in [2.75, 3.05) is 18.4 Å². The lowest BCUT2D eigenvalue weighted by Gasteiger charge is -2.30. The molecule has 1 saturated heterocycles. The number of nitrogens with zero attached hydrogens (tertiary/aromatic N) is 2. The maximum atomic E-state index is 12.9. The van der Waals surface area contributed by atoms with Crippen LogP contribution in [-0.4, -0.2) is 36.3 Å². The highest BCUT2D eigenvalue weighted by atomic mass is 35.5.